The number of hydrogen-bond donors (Lipinski definition) is 1. The summed E-state index contributed by atoms with van der Waals surface area (Å²) in [5.41, 5.74) is 3.89. The lowest BCUT2D eigenvalue weighted by Crippen LogP contribution is -2.34. The Labute approximate surface area is 190 Å². The number of halogens is 1. The molecule has 4 rings (SSSR count). The van der Waals surface area contributed by atoms with Crippen LogP contribution in [0.5, 0.6) is 0 Å². The average molecular weight is 476 g/mol. The summed E-state index contributed by atoms with van der Waals surface area (Å²) in [6.07, 6.45) is 1.78. The van der Waals surface area contributed by atoms with Crippen molar-refractivity contribution < 1.29 is 13.2 Å². The van der Waals surface area contributed by atoms with Gasteiger partial charge in [-0.05, 0) is 56.2 Å². The van der Waals surface area contributed by atoms with Crippen LogP contribution < -0.4 is 9.62 Å². The van der Waals surface area contributed by atoms with Crippen molar-refractivity contribution in [1.29, 1.82) is 0 Å². The molecule has 1 aliphatic heterocycles. The first-order valence-corrected chi connectivity index (χ1v) is 12.8. The van der Waals surface area contributed by atoms with E-state index in [4.69, 9.17) is 11.6 Å². The first-order chi connectivity index (χ1) is 14.6. The summed E-state index contributed by atoms with van der Waals surface area (Å²) < 4.78 is 25.6. The Bertz CT molecular complexity index is 1250. The number of hydrogen-bond acceptors (Lipinski definition) is 5. The number of sulfonamides is 1. The molecule has 0 spiro atoms. The highest BCUT2D eigenvalue weighted by molar-refractivity contribution is 7.92. The monoisotopic (exact) mass is 475 g/mol. The summed E-state index contributed by atoms with van der Waals surface area (Å²) in [6.45, 7) is 4.19. The third-order valence-electron chi connectivity index (χ3n) is 5.21. The van der Waals surface area contributed by atoms with Gasteiger partial charge in [-0.2, -0.15) is 0 Å². The van der Waals surface area contributed by atoms with Crippen molar-refractivity contribution in [3.63, 3.8) is 0 Å². The molecule has 162 valence electrons. The third-order valence-corrected chi connectivity index (χ3v) is 7.70. The maximum absolute atomic E-state index is 12.7. The van der Waals surface area contributed by atoms with Crippen LogP contribution >= 0.6 is 22.9 Å². The molecule has 2 aromatic carbocycles. The molecule has 0 saturated heterocycles. The SMILES string of the molecule is Cc1sc(CNC(=O)c2ccc3c(c2)CC(C)N3S(C)(=O)=O)nc1-c1ccc(Cl)cc1. The zero-order chi connectivity index (χ0) is 22.3. The number of carbonyl (C=O) groups excluding carboxylic acids is 1. The minimum absolute atomic E-state index is 0.159. The van der Waals surface area contributed by atoms with Gasteiger partial charge < -0.3 is 5.32 Å². The first-order valence-electron chi connectivity index (χ1n) is 9.76. The standard InChI is InChI=1S/C22H22ClN3O3S2/c1-13-10-17-11-16(6-9-19(17)26(13)31(3,28)29)22(27)24-12-20-25-21(14(2)30-20)15-4-7-18(23)8-5-15/h4-9,11,13H,10,12H2,1-3H3,(H,24,27). The van der Waals surface area contributed by atoms with Crippen LogP contribution in [-0.4, -0.2) is 31.6 Å². The van der Waals surface area contributed by atoms with E-state index in [9.17, 15) is 13.2 Å². The van der Waals surface area contributed by atoms with Crippen LogP contribution in [0, 0.1) is 6.92 Å². The van der Waals surface area contributed by atoms with E-state index in [2.05, 4.69) is 10.3 Å². The second kappa shape index (κ2) is 8.26. The Balaban J connectivity index is 1.47. The predicted molar refractivity (Wildman–Crippen MR) is 125 cm³/mol. The van der Waals surface area contributed by atoms with Gasteiger partial charge in [-0.25, -0.2) is 13.4 Å². The molecule has 31 heavy (non-hydrogen) atoms. The van der Waals surface area contributed by atoms with Crippen molar-refractivity contribution in [2.75, 3.05) is 10.6 Å². The molecule has 1 N–H and O–H groups in total. The molecule has 1 unspecified atom stereocenters. The number of nitrogens with one attached hydrogen (secondary N) is 1. The molecule has 0 radical (unpaired) electrons. The van der Waals surface area contributed by atoms with Crippen LogP contribution in [0.3, 0.4) is 0 Å². The highest BCUT2D eigenvalue weighted by Gasteiger charge is 2.32. The fourth-order valence-corrected chi connectivity index (χ4v) is 6.19. The van der Waals surface area contributed by atoms with Gasteiger partial charge in [0, 0.05) is 27.1 Å². The van der Waals surface area contributed by atoms with Crippen molar-refractivity contribution >= 4 is 44.6 Å². The number of aromatic nitrogens is 1. The third kappa shape index (κ3) is 4.46. The van der Waals surface area contributed by atoms with Crippen LogP contribution in [-0.2, 0) is 23.0 Å². The van der Waals surface area contributed by atoms with Gasteiger partial charge in [0.05, 0.1) is 24.2 Å². The van der Waals surface area contributed by atoms with E-state index in [1.54, 1.807) is 29.5 Å². The molecule has 2 heterocycles. The van der Waals surface area contributed by atoms with Gasteiger partial charge in [0.1, 0.15) is 5.01 Å². The summed E-state index contributed by atoms with van der Waals surface area (Å²) in [6, 6.07) is 12.5. The summed E-state index contributed by atoms with van der Waals surface area (Å²) in [5, 5.41) is 4.40. The number of benzene rings is 2. The van der Waals surface area contributed by atoms with Gasteiger partial charge in [-0.15, -0.1) is 11.3 Å². The Kier molecular flexibility index (Phi) is 5.81. The van der Waals surface area contributed by atoms with Crippen molar-refractivity contribution in [1.82, 2.24) is 10.3 Å². The second-order valence-corrected chi connectivity index (χ2v) is 11.2. The largest absolute Gasteiger partial charge is 0.346 e. The van der Waals surface area contributed by atoms with Crippen LogP contribution in [0.4, 0.5) is 5.69 Å². The molecule has 0 aliphatic carbocycles. The predicted octanol–water partition coefficient (Wildman–Crippen LogP) is 4.41. The smallest absolute Gasteiger partial charge is 0.251 e. The van der Waals surface area contributed by atoms with Gasteiger partial charge in [0.15, 0.2) is 0 Å². The quantitative estimate of drug-likeness (QED) is 0.592. The zero-order valence-corrected chi connectivity index (χ0v) is 19.7. The van der Waals surface area contributed by atoms with E-state index < -0.39 is 10.0 Å². The maximum atomic E-state index is 12.7. The lowest BCUT2D eigenvalue weighted by Gasteiger charge is -2.21. The Morgan fingerprint density at radius 1 is 1.26 bits per heavy atom. The molecule has 0 saturated carbocycles. The molecule has 1 amide bonds. The van der Waals surface area contributed by atoms with Crippen LogP contribution in [0.2, 0.25) is 5.02 Å². The number of rotatable bonds is 5. The van der Waals surface area contributed by atoms with Crippen LogP contribution in [0.25, 0.3) is 11.3 Å². The number of aryl methyl sites for hydroxylation is 1. The van der Waals surface area contributed by atoms with Crippen molar-refractivity contribution in [2.24, 2.45) is 0 Å². The van der Waals surface area contributed by atoms with Gasteiger partial charge in [-0.3, -0.25) is 9.10 Å². The molecular formula is C22H22ClN3O3S2. The van der Waals surface area contributed by atoms with E-state index >= 15 is 0 Å². The summed E-state index contributed by atoms with van der Waals surface area (Å²) in [5.74, 6) is -0.214. The molecule has 0 fully saturated rings. The van der Waals surface area contributed by atoms with Crippen molar-refractivity contribution in [3.05, 3.63) is 68.5 Å². The highest BCUT2D eigenvalue weighted by Crippen LogP contribution is 2.35. The van der Waals surface area contributed by atoms with Gasteiger partial charge in [0.25, 0.3) is 5.91 Å². The number of amides is 1. The van der Waals surface area contributed by atoms with E-state index in [0.29, 0.717) is 29.2 Å². The van der Waals surface area contributed by atoms with Crippen LogP contribution in [0.1, 0.15) is 32.7 Å². The molecule has 9 heteroatoms. The number of carbonyl (C=O) groups is 1. The summed E-state index contributed by atoms with van der Waals surface area (Å²) in [4.78, 5) is 18.4. The summed E-state index contributed by atoms with van der Waals surface area (Å²) in [7, 11) is -3.35. The molecule has 0 bridgehead atoms. The van der Waals surface area contributed by atoms with Gasteiger partial charge >= 0.3 is 0 Å². The van der Waals surface area contributed by atoms with Crippen molar-refractivity contribution in [3.8, 4) is 11.3 Å². The Morgan fingerprint density at radius 3 is 2.65 bits per heavy atom. The van der Waals surface area contributed by atoms with E-state index in [-0.39, 0.29) is 11.9 Å². The molecule has 1 atom stereocenters. The topological polar surface area (TPSA) is 79.4 Å². The maximum Gasteiger partial charge on any atom is 0.251 e. The second-order valence-electron chi connectivity index (χ2n) is 7.66. The molecule has 6 nitrogen and oxygen atoms in total. The van der Waals surface area contributed by atoms with Crippen LogP contribution in [0.15, 0.2) is 42.5 Å². The lowest BCUT2D eigenvalue weighted by atomic mass is 10.1. The minimum Gasteiger partial charge on any atom is -0.346 e. The zero-order valence-electron chi connectivity index (χ0n) is 17.3. The number of nitrogens with zero attached hydrogens (tertiary/aromatic N) is 2. The summed E-state index contributed by atoms with van der Waals surface area (Å²) >= 11 is 7.50. The highest BCUT2D eigenvalue weighted by atomic mass is 35.5. The lowest BCUT2D eigenvalue weighted by molar-refractivity contribution is 0.0951. The van der Waals surface area contributed by atoms with Crippen molar-refractivity contribution in [2.45, 2.75) is 32.9 Å². The fraction of sp³-hybridized carbons (Fsp3) is 0.273. The minimum atomic E-state index is -3.35. The van der Waals surface area contributed by atoms with Gasteiger partial charge in [-0.1, -0.05) is 23.7 Å². The molecule has 1 aromatic heterocycles. The fourth-order valence-electron chi connectivity index (χ4n) is 3.91. The van der Waals surface area contributed by atoms with E-state index in [1.165, 1.54) is 10.6 Å². The first kappa shape index (κ1) is 21.8. The number of thiazole rings is 1. The van der Waals surface area contributed by atoms with Gasteiger partial charge in [0.2, 0.25) is 10.0 Å². The molecular weight excluding hydrogens is 454 g/mol. The molecule has 3 aromatic rings. The van der Waals surface area contributed by atoms with E-state index in [1.807, 2.05) is 38.1 Å². The molecule has 1 aliphatic rings. The Morgan fingerprint density at radius 2 is 1.97 bits per heavy atom. The Hall–Kier alpha value is -2.42. The van der Waals surface area contributed by atoms with E-state index in [0.717, 1.165) is 26.7 Å². The number of fused-ring (bicyclic) bond motifs is 1. The normalized spacial score (nSPS) is 15.7. The average Bonchev–Trinajstić information content (AvgIpc) is 3.24. The number of anilines is 1.